The number of hydrogen-bond acceptors (Lipinski definition) is 4. The van der Waals surface area contributed by atoms with Crippen LogP contribution in [0.25, 0.3) is 0 Å². The predicted octanol–water partition coefficient (Wildman–Crippen LogP) is -0.968. The van der Waals surface area contributed by atoms with E-state index in [1.54, 1.807) is 18.8 Å². The zero-order chi connectivity index (χ0) is 10.6. The molecule has 0 atom stereocenters. The molecule has 0 saturated carbocycles. The number of hydrogen-bond donors (Lipinski definition) is 1. The summed E-state index contributed by atoms with van der Waals surface area (Å²) in [5, 5.41) is 7.69. The van der Waals surface area contributed by atoms with Gasteiger partial charge in [-0.05, 0) is 0 Å². The second kappa shape index (κ2) is 4.71. The number of ether oxygens (including phenoxy) is 1. The lowest BCUT2D eigenvalue weighted by Crippen LogP contribution is -2.16. The van der Waals surface area contributed by atoms with Crippen LogP contribution in [0.3, 0.4) is 0 Å². The summed E-state index contributed by atoms with van der Waals surface area (Å²) in [5.74, 6) is -0.399. The Morgan fingerprint density at radius 3 is 2.93 bits per heavy atom. The lowest BCUT2D eigenvalue weighted by molar-refractivity contribution is -0.117. The quantitative estimate of drug-likeness (QED) is 0.660. The molecule has 0 aromatic carbocycles. The van der Waals surface area contributed by atoms with E-state index in [4.69, 9.17) is 10.5 Å². The molecule has 0 aliphatic rings. The highest BCUT2D eigenvalue weighted by atomic mass is 16.5. The molecule has 2 N–H and O–H groups in total. The van der Waals surface area contributed by atoms with Crippen LogP contribution >= 0.6 is 0 Å². The number of aryl methyl sites for hydroxylation is 1. The topological polar surface area (TPSA) is 83.0 Å². The lowest BCUT2D eigenvalue weighted by atomic mass is 10.2. The number of rotatable bonds is 5. The minimum atomic E-state index is -0.399. The first-order valence-electron chi connectivity index (χ1n) is 4.29. The van der Waals surface area contributed by atoms with Crippen LogP contribution in [0.5, 0.6) is 0 Å². The maximum Gasteiger partial charge on any atom is 0.223 e. The zero-order valence-electron chi connectivity index (χ0n) is 8.36. The fourth-order valence-electron chi connectivity index (χ4n) is 1.23. The van der Waals surface area contributed by atoms with Crippen LogP contribution in [0, 0.1) is 0 Å². The summed E-state index contributed by atoms with van der Waals surface area (Å²) < 4.78 is 6.58. The van der Waals surface area contributed by atoms with Gasteiger partial charge in [0, 0.05) is 20.6 Å². The number of carbonyl (C=O) groups excluding carboxylic acids is 1. The minimum Gasteiger partial charge on any atom is -0.384 e. The van der Waals surface area contributed by atoms with E-state index in [1.165, 1.54) is 0 Å². The summed E-state index contributed by atoms with van der Waals surface area (Å²) >= 11 is 0. The van der Waals surface area contributed by atoms with Crippen molar-refractivity contribution >= 4 is 5.91 Å². The standard InChI is InChI=1S/C8H14N4O2/c1-12-7(3-4-14-2)6(10-11-12)5-8(9)13/h3-5H2,1-2H3,(H2,9,13). The largest absolute Gasteiger partial charge is 0.384 e. The molecule has 6 nitrogen and oxygen atoms in total. The van der Waals surface area contributed by atoms with E-state index in [9.17, 15) is 4.79 Å². The molecule has 0 radical (unpaired) electrons. The summed E-state index contributed by atoms with van der Waals surface area (Å²) in [6.45, 7) is 0.576. The monoisotopic (exact) mass is 198 g/mol. The maximum atomic E-state index is 10.7. The average molecular weight is 198 g/mol. The van der Waals surface area contributed by atoms with Crippen molar-refractivity contribution in [2.24, 2.45) is 12.8 Å². The van der Waals surface area contributed by atoms with Crippen molar-refractivity contribution in [2.75, 3.05) is 13.7 Å². The molecule has 78 valence electrons. The van der Waals surface area contributed by atoms with E-state index in [-0.39, 0.29) is 6.42 Å². The molecule has 1 rings (SSSR count). The molecular formula is C8H14N4O2. The molecule has 0 bridgehead atoms. The molecule has 0 unspecified atom stereocenters. The van der Waals surface area contributed by atoms with Gasteiger partial charge in [-0.1, -0.05) is 5.21 Å². The van der Waals surface area contributed by atoms with Crippen molar-refractivity contribution in [2.45, 2.75) is 12.8 Å². The van der Waals surface area contributed by atoms with Gasteiger partial charge in [-0.25, -0.2) is 0 Å². The van der Waals surface area contributed by atoms with E-state index < -0.39 is 5.91 Å². The van der Waals surface area contributed by atoms with Crippen LogP contribution in [0.15, 0.2) is 0 Å². The number of nitrogens with zero attached hydrogens (tertiary/aromatic N) is 3. The van der Waals surface area contributed by atoms with Crippen molar-refractivity contribution in [1.29, 1.82) is 0 Å². The molecule has 0 fully saturated rings. The van der Waals surface area contributed by atoms with Gasteiger partial charge in [0.1, 0.15) is 0 Å². The molecule has 1 aromatic rings. The van der Waals surface area contributed by atoms with Gasteiger partial charge < -0.3 is 10.5 Å². The van der Waals surface area contributed by atoms with E-state index in [2.05, 4.69) is 10.3 Å². The predicted molar refractivity (Wildman–Crippen MR) is 49.5 cm³/mol. The van der Waals surface area contributed by atoms with E-state index in [0.717, 1.165) is 5.69 Å². The van der Waals surface area contributed by atoms with Gasteiger partial charge in [-0.15, -0.1) is 5.10 Å². The summed E-state index contributed by atoms with van der Waals surface area (Å²) in [6.07, 6.45) is 0.815. The molecule has 0 saturated heterocycles. The van der Waals surface area contributed by atoms with Crippen LogP contribution in [-0.4, -0.2) is 34.6 Å². The Morgan fingerprint density at radius 1 is 1.64 bits per heavy atom. The first-order valence-corrected chi connectivity index (χ1v) is 4.29. The van der Waals surface area contributed by atoms with Crippen LogP contribution in [0.1, 0.15) is 11.4 Å². The summed E-state index contributed by atoms with van der Waals surface area (Å²) in [5.41, 5.74) is 6.61. The number of nitrogens with two attached hydrogens (primary N) is 1. The molecule has 1 amide bonds. The Kier molecular flexibility index (Phi) is 3.58. The molecule has 0 aliphatic carbocycles. The number of methoxy groups -OCH3 is 1. The van der Waals surface area contributed by atoms with Crippen molar-refractivity contribution in [3.05, 3.63) is 11.4 Å². The number of aromatic nitrogens is 3. The Morgan fingerprint density at radius 2 is 2.36 bits per heavy atom. The Hall–Kier alpha value is -1.43. The summed E-state index contributed by atoms with van der Waals surface area (Å²) in [7, 11) is 3.40. The normalized spacial score (nSPS) is 10.4. The van der Waals surface area contributed by atoms with E-state index in [0.29, 0.717) is 18.7 Å². The third-order valence-corrected chi connectivity index (χ3v) is 1.91. The minimum absolute atomic E-state index is 0.132. The van der Waals surface area contributed by atoms with Crippen molar-refractivity contribution < 1.29 is 9.53 Å². The Balaban J connectivity index is 2.77. The molecule has 1 aromatic heterocycles. The van der Waals surface area contributed by atoms with Gasteiger partial charge in [0.25, 0.3) is 0 Å². The number of carbonyl (C=O) groups is 1. The third-order valence-electron chi connectivity index (χ3n) is 1.91. The van der Waals surface area contributed by atoms with Crippen molar-refractivity contribution in [1.82, 2.24) is 15.0 Å². The fraction of sp³-hybridized carbons (Fsp3) is 0.625. The lowest BCUT2D eigenvalue weighted by Gasteiger charge is -2.01. The molecule has 0 spiro atoms. The highest BCUT2D eigenvalue weighted by Gasteiger charge is 2.12. The summed E-state index contributed by atoms with van der Waals surface area (Å²) in [4.78, 5) is 10.7. The Labute approximate surface area is 82.0 Å². The molecule has 6 heteroatoms. The highest BCUT2D eigenvalue weighted by molar-refractivity contribution is 5.76. The van der Waals surface area contributed by atoms with Gasteiger partial charge in [0.2, 0.25) is 5.91 Å². The van der Waals surface area contributed by atoms with Crippen LogP contribution < -0.4 is 5.73 Å². The van der Waals surface area contributed by atoms with Gasteiger partial charge in [-0.3, -0.25) is 9.48 Å². The number of primary amides is 1. The van der Waals surface area contributed by atoms with E-state index in [1.807, 2.05) is 0 Å². The van der Waals surface area contributed by atoms with E-state index >= 15 is 0 Å². The SMILES string of the molecule is COCCc1c(CC(N)=O)nnn1C. The first kappa shape index (κ1) is 10.6. The molecule has 14 heavy (non-hydrogen) atoms. The average Bonchev–Trinajstić information content (AvgIpc) is 2.44. The second-order valence-corrected chi connectivity index (χ2v) is 2.99. The summed E-state index contributed by atoms with van der Waals surface area (Å²) in [6, 6.07) is 0. The van der Waals surface area contributed by atoms with Gasteiger partial charge in [0.05, 0.1) is 24.4 Å². The van der Waals surface area contributed by atoms with Crippen LogP contribution in [0.2, 0.25) is 0 Å². The van der Waals surface area contributed by atoms with Gasteiger partial charge in [0.15, 0.2) is 0 Å². The maximum absolute atomic E-state index is 10.7. The Bertz CT molecular complexity index is 321. The van der Waals surface area contributed by atoms with Crippen LogP contribution in [0.4, 0.5) is 0 Å². The third kappa shape index (κ3) is 2.53. The molecular weight excluding hydrogens is 184 g/mol. The first-order chi connectivity index (χ1) is 6.65. The molecule has 1 heterocycles. The van der Waals surface area contributed by atoms with Crippen LogP contribution in [-0.2, 0) is 29.4 Å². The number of amides is 1. The fourth-order valence-corrected chi connectivity index (χ4v) is 1.23. The van der Waals surface area contributed by atoms with Gasteiger partial charge in [-0.2, -0.15) is 0 Å². The molecule has 0 aliphatic heterocycles. The second-order valence-electron chi connectivity index (χ2n) is 2.99. The zero-order valence-corrected chi connectivity index (χ0v) is 8.36. The van der Waals surface area contributed by atoms with Crippen molar-refractivity contribution in [3.63, 3.8) is 0 Å². The van der Waals surface area contributed by atoms with Crippen molar-refractivity contribution in [3.8, 4) is 0 Å². The smallest absolute Gasteiger partial charge is 0.223 e. The highest BCUT2D eigenvalue weighted by Crippen LogP contribution is 2.05. The van der Waals surface area contributed by atoms with Gasteiger partial charge >= 0.3 is 0 Å².